The van der Waals surface area contributed by atoms with Crippen molar-refractivity contribution in [2.75, 3.05) is 13.7 Å². The summed E-state index contributed by atoms with van der Waals surface area (Å²) in [5, 5.41) is 0.538. The Hall–Kier alpha value is -2.10. The number of methoxy groups -OCH3 is 1. The number of halogens is 3. The van der Waals surface area contributed by atoms with E-state index < -0.39 is 46.2 Å². The van der Waals surface area contributed by atoms with Crippen LogP contribution in [-0.4, -0.2) is 46.6 Å². The largest absolute Gasteiger partial charge is 0.497 e. The molecule has 0 unspecified atom stereocenters. The molecule has 0 bridgehead atoms. The molecule has 1 aliphatic rings. The Kier molecular flexibility index (Phi) is 5.88. The quantitative estimate of drug-likeness (QED) is 0.753. The zero-order valence-electron chi connectivity index (χ0n) is 15.3. The van der Waals surface area contributed by atoms with E-state index in [1.807, 2.05) is 0 Å². The summed E-state index contributed by atoms with van der Waals surface area (Å²) in [6.07, 6.45) is -1.30. The molecule has 27 heavy (non-hydrogen) atoms. The van der Waals surface area contributed by atoms with E-state index in [9.17, 15) is 22.8 Å². The summed E-state index contributed by atoms with van der Waals surface area (Å²) in [6, 6.07) is 6.27. The smallest absolute Gasteiger partial charge is 0.443 e. The average molecular weight is 407 g/mol. The lowest BCUT2D eigenvalue weighted by Crippen LogP contribution is -2.41. The molecule has 0 aromatic heterocycles. The molecule has 1 aliphatic heterocycles. The summed E-state index contributed by atoms with van der Waals surface area (Å²) in [5.41, 5.74) is -5.12. The second-order valence-corrected chi connectivity index (χ2v) is 8.41. The van der Waals surface area contributed by atoms with Gasteiger partial charge in [-0.1, -0.05) is 12.1 Å². The van der Waals surface area contributed by atoms with E-state index in [2.05, 4.69) is 0 Å². The normalized spacial score (nSPS) is 20.4. The molecular weight excluding hydrogens is 387 g/mol. The zero-order chi connectivity index (χ0) is 20.5. The summed E-state index contributed by atoms with van der Waals surface area (Å²) < 4.78 is 47.5. The lowest BCUT2D eigenvalue weighted by Gasteiger charge is -2.25. The molecule has 0 saturated carbocycles. The second-order valence-electron chi connectivity index (χ2n) is 6.96. The van der Waals surface area contributed by atoms with Gasteiger partial charge in [0.05, 0.1) is 13.7 Å². The third kappa shape index (κ3) is 5.69. The van der Waals surface area contributed by atoms with Crippen LogP contribution in [0.5, 0.6) is 5.75 Å². The van der Waals surface area contributed by atoms with Gasteiger partial charge in [0.15, 0.2) is 0 Å². The highest BCUT2D eigenvalue weighted by molar-refractivity contribution is 8.02. The molecule has 6 nitrogen and oxygen atoms in total. The molecule has 1 heterocycles. The summed E-state index contributed by atoms with van der Waals surface area (Å²) in [7, 11) is 1.46. The molecule has 0 N–H and O–H groups in total. The van der Waals surface area contributed by atoms with Crippen LogP contribution in [-0.2, 0) is 20.8 Å². The van der Waals surface area contributed by atoms with Crippen LogP contribution in [0.25, 0.3) is 0 Å². The Morgan fingerprint density at radius 3 is 2.33 bits per heavy atom. The lowest BCUT2D eigenvalue weighted by atomic mass is 9.99. The molecule has 0 radical (unpaired) electrons. The van der Waals surface area contributed by atoms with Crippen LogP contribution < -0.4 is 4.74 Å². The van der Waals surface area contributed by atoms with Crippen molar-refractivity contribution in [2.45, 2.75) is 43.0 Å². The SMILES string of the molecule is COc1ccc(C[C@]2(SC(F)(F)F)CN(C(=O)OC(C)(C)C)OC2=O)cc1. The van der Waals surface area contributed by atoms with Crippen molar-refractivity contribution in [3.63, 3.8) is 0 Å². The van der Waals surface area contributed by atoms with Gasteiger partial charge in [-0.2, -0.15) is 13.2 Å². The minimum absolute atomic E-state index is 0.278. The highest BCUT2D eigenvalue weighted by atomic mass is 32.2. The molecule has 1 fully saturated rings. The van der Waals surface area contributed by atoms with Gasteiger partial charge in [-0.3, -0.25) is 0 Å². The van der Waals surface area contributed by atoms with E-state index in [1.54, 1.807) is 45.0 Å². The Morgan fingerprint density at radius 1 is 1.26 bits per heavy atom. The fourth-order valence-electron chi connectivity index (χ4n) is 2.46. The molecule has 1 amide bonds. The molecule has 10 heteroatoms. The number of nitrogens with zero attached hydrogens (tertiary/aromatic N) is 1. The zero-order valence-corrected chi connectivity index (χ0v) is 16.1. The van der Waals surface area contributed by atoms with E-state index in [0.29, 0.717) is 16.4 Å². The van der Waals surface area contributed by atoms with E-state index in [1.165, 1.54) is 7.11 Å². The highest BCUT2D eigenvalue weighted by Gasteiger charge is 2.57. The average Bonchev–Trinajstić information content (AvgIpc) is 2.81. The minimum Gasteiger partial charge on any atom is -0.497 e. The number of alkyl halides is 3. The molecule has 2 rings (SSSR count). The minimum atomic E-state index is -4.70. The van der Waals surface area contributed by atoms with Gasteiger partial charge < -0.3 is 14.3 Å². The molecule has 1 saturated heterocycles. The van der Waals surface area contributed by atoms with Gasteiger partial charge in [0.2, 0.25) is 0 Å². The molecule has 1 atom stereocenters. The number of ether oxygens (including phenoxy) is 2. The van der Waals surface area contributed by atoms with Gasteiger partial charge in [0.1, 0.15) is 16.1 Å². The van der Waals surface area contributed by atoms with Crippen molar-refractivity contribution >= 4 is 23.8 Å². The maximum atomic E-state index is 13.1. The predicted molar refractivity (Wildman–Crippen MR) is 92.1 cm³/mol. The highest BCUT2D eigenvalue weighted by Crippen LogP contribution is 2.46. The number of thioether (sulfide) groups is 1. The molecule has 0 aliphatic carbocycles. The Balaban J connectivity index is 2.27. The number of carbonyl (C=O) groups excluding carboxylic acids is 2. The standard InChI is InChI=1S/C17H20F3NO5S/c1-15(2,3)25-14(23)21-10-16(13(22)26-21,27-17(18,19)20)9-11-5-7-12(24-4)8-6-11/h5-8H,9-10H2,1-4H3/t16-/m0/s1. The van der Waals surface area contributed by atoms with E-state index in [4.69, 9.17) is 14.3 Å². The van der Waals surface area contributed by atoms with Crippen molar-refractivity contribution in [3.8, 4) is 5.75 Å². The van der Waals surface area contributed by atoms with Gasteiger partial charge in [-0.25, -0.2) is 9.59 Å². The van der Waals surface area contributed by atoms with Crippen LogP contribution in [0.3, 0.4) is 0 Å². The fraction of sp³-hybridized carbons (Fsp3) is 0.529. The predicted octanol–water partition coefficient (Wildman–Crippen LogP) is 3.94. The monoisotopic (exact) mass is 407 g/mol. The van der Waals surface area contributed by atoms with Crippen molar-refractivity contribution < 1.29 is 37.1 Å². The number of rotatable bonds is 4. The number of hydrogen-bond donors (Lipinski definition) is 0. The van der Waals surface area contributed by atoms with Gasteiger partial charge in [0.25, 0.3) is 0 Å². The van der Waals surface area contributed by atoms with Crippen LogP contribution in [0.4, 0.5) is 18.0 Å². The topological polar surface area (TPSA) is 65.1 Å². The Bertz CT molecular complexity index is 702. The molecule has 0 spiro atoms. The molecular formula is C17H20F3NO5S. The van der Waals surface area contributed by atoms with E-state index in [-0.39, 0.29) is 6.42 Å². The number of hydrogen-bond acceptors (Lipinski definition) is 6. The maximum Gasteiger partial charge on any atom is 0.443 e. The number of carbonyl (C=O) groups is 2. The summed E-state index contributed by atoms with van der Waals surface area (Å²) in [5.74, 6) is -0.618. The van der Waals surface area contributed by atoms with Crippen LogP contribution in [0.15, 0.2) is 24.3 Å². The summed E-state index contributed by atoms with van der Waals surface area (Å²) >= 11 is -0.491. The van der Waals surface area contributed by atoms with Gasteiger partial charge >= 0.3 is 17.6 Å². The van der Waals surface area contributed by atoms with Crippen molar-refractivity contribution in [3.05, 3.63) is 29.8 Å². The Labute approximate surface area is 158 Å². The molecule has 150 valence electrons. The first-order valence-corrected chi connectivity index (χ1v) is 8.78. The van der Waals surface area contributed by atoms with Crippen LogP contribution in [0.2, 0.25) is 0 Å². The van der Waals surface area contributed by atoms with Gasteiger partial charge in [0, 0.05) is 6.42 Å². The Morgan fingerprint density at radius 2 is 1.85 bits per heavy atom. The first-order chi connectivity index (χ1) is 12.3. The van der Waals surface area contributed by atoms with E-state index >= 15 is 0 Å². The third-order valence-electron chi connectivity index (χ3n) is 3.52. The van der Waals surface area contributed by atoms with E-state index in [0.717, 1.165) is 0 Å². The van der Waals surface area contributed by atoms with Crippen molar-refractivity contribution in [2.24, 2.45) is 0 Å². The van der Waals surface area contributed by atoms with Crippen LogP contribution in [0, 0.1) is 0 Å². The second kappa shape index (κ2) is 7.49. The third-order valence-corrected chi connectivity index (χ3v) is 4.58. The fourth-order valence-corrected chi connectivity index (χ4v) is 3.44. The maximum absolute atomic E-state index is 13.1. The summed E-state index contributed by atoms with van der Waals surface area (Å²) in [6.45, 7) is 4.20. The van der Waals surface area contributed by atoms with Crippen LogP contribution in [0.1, 0.15) is 26.3 Å². The molecule has 1 aromatic carbocycles. The van der Waals surface area contributed by atoms with Crippen molar-refractivity contribution in [1.82, 2.24) is 5.06 Å². The molecule has 1 aromatic rings. The van der Waals surface area contributed by atoms with Gasteiger partial charge in [-0.15, -0.1) is 5.06 Å². The number of hydroxylamine groups is 2. The van der Waals surface area contributed by atoms with Crippen molar-refractivity contribution in [1.29, 1.82) is 0 Å². The van der Waals surface area contributed by atoms with Crippen LogP contribution >= 0.6 is 11.8 Å². The number of benzene rings is 1. The summed E-state index contributed by atoms with van der Waals surface area (Å²) in [4.78, 5) is 29.3. The lowest BCUT2D eigenvalue weighted by molar-refractivity contribution is -0.166. The number of amides is 1. The van der Waals surface area contributed by atoms with Gasteiger partial charge in [-0.05, 0) is 50.2 Å². The first-order valence-electron chi connectivity index (χ1n) is 7.96. The first kappa shape index (κ1) is 21.2.